The second-order valence-corrected chi connectivity index (χ2v) is 4.13. The molecule has 2 N–H and O–H groups in total. The van der Waals surface area contributed by atoms with Crippen LogP contribution in [0.5, 0.6) is 5.75 Å². The van der Waals surface area contributed by atoms with Gasteiger partial charge in [-0.05, 0) is 18.2 Å². The summed E-state index contributed by atoms with van der Waals surface area (Å²) in [7, 11) is 1.66. The van der Waals surface area contributed by atoms with Gasteiger partial charge < -0.3 is 10.5 Å². The molecule has 6 heteroatoms. The first-order valence-electron chi connectivity index (χ1n) is 6.21. The summed E-state index contributed by atoms with van der Waals surface area (Å²) in [6, 6.07) is 7.43. The lowest BCUT2D eigenvalue weighted by Gasteiger charge is -2.05. The van der Waals surface area contributed by atoms with Crippen molar-refractivity contribution in [2.24, 2.45) is 12.8 Å². The fourth-order valence-electron chi connectivity index (χ4n) is 1.64. The van der Waals surface area contributed by atoms with E-state index in [2.05, 4.69) is 16.9 Å². The monoisotopic (exact) mass is 272 g/mol. The van der Waals surface area contributed by atoms with Crippen molar-refractivity contribution in [1.82, 2.24) is 14.3 Å². The number of rotatable bonds is 4. The molecule has 0 aliphatic carbocycles. The lowest BCUT2D eigenvalue weighted by Crippen LogP contribution is -2.25. The predicted octanol–water partition coefficient (Wildman–Crippen LogP) is -0.0290. The van der Waals surface area contributed by atoms with Crippen molar-refractivity contribution in [3.8, 4) is 17.6 Å². The molecule has 0 atom stereocenters. The van der Waals surface area contributed by atoms with Crippen molar-refractivity contribution in [3.05, 3.63) is 46.6 Å². The maximum Gasteiger partial charge on any atom is 0.345 e. The number of ether oxygens (including phenoxy) is 1. The standard InChI is InChI=1S/C14H16N4O2/c1-17-11-16-18(14(17)19)8-9-20-13-6-2-4-12(10-13)5-3-7-15/h2,4,6,10-11H,7-9,15H2,1H3. The van der Waals surface area contributed by atoms with Gasteiger partial charge in [-0.2, -0.15) is 5.10 Å². The number of benzene rings is 1. The van der Waals surface area contributed by atoms with E-state index in [1.165, 1.54) is 15.6 Å². The average molecular weight is 272 g/mol. The number of nitrogens with zero attached hydrogens (tertiary/aromatic N) is 3. The van der Waals surface area contributed by atoms with Crippen molar-refractivity contribution in [3.63, 3.8) is 0 Å². The van der Waals surface area contributed by atoms with E-state index in [4.69, 9.17) is 10.5 Å². The quantitative estimate of drug-likeness (QED) is 0.793. The summed E-state index contributed by atoms with van der Waals surface area (Å²) in [5.41, 5.74) is 6.02. The normalized spacial score (nSPS) is 9.90. The van der Waals surface area contributed by atoms with E-state index in [0.717, 1.165) is 5.56 Å². The number of hydrogen-bond donors (Lipinski definition) is 1. The summed E-state index contributed by atoms with van der Waals surface area (Å²) in [6.07, 6.45) is 1.48. The molecular weight excluding hydrogens is 256 g/mol. The van der Waals surface area contributed by atoms with Crippen LogP contribution in [-0.2, 0) is 13.6 Å². The molecule has 0 amide bonds. The summed E-state index contributed by atoms with van der Waals surface area (Å²) in [5.74, 6) is 6.43. The molecule has 1 aromatic carbocycles. The van der Waals surface area contributed by atoms with Crippen LogP contribution in [0.1, 0.15) is 5.56 Å². The fourth-order valence-corrected chi connectivity index (χ4v) is 1.64. The van der Waals surface area contributed by atoms with Crippen molar-refractivity contribution < 1.29 is 4.74 Å². The number of aryl methyl sites for hydroxylation is 1. The molecule has 0 aliphatic rings. The summed E-state index contributed by atoms with van der Waals surface area (Å²) in [6.45, 7) is 1.09. The largest absolute Gasteiger partial charge is 0.492 e. The molecule has 6 nitrogen and oxygen atoms in total. The predicted molar refractivity (Wildman–Crippen MR) is 75.3 cm³/mol. The zero-order valence-corrected chi connectivity index (χ0v) is 11.2. The van der Waals surface area contributed by atoms with Crippen LogP contribution in [0.4, 0.5) is 0 Å². The third kappa shape index (κ3) is 3.49. The molecule has 2 aromatic rings. The SMILES string of the molecule is Cn1cnn(CCOc2cccc(C#CCN)c2)c1=O. The first-order valence-corrected chi connectivity index (χ1v) is 6.21. The van der Waals surface area contributed by atoms with E-state index in [1.54, 1.807) is 7.05 Å². The minimum atomic E-state index is -0.156. The average Bonchev–Trinajstić information content (AvgIpc) is 2.78. The summed E-state index contributed by atoms with van der Waals surface area (Å²) in [5, 5.41) is 3.96. The van der Waals surface area contributed by atoms with Gasteiger partial charge in [0, 0.05) is 12.6 Å². The number of hydrogen-bond acceptors (Lipinski definition) is 4. The fraction of sp³-hybridized carbons (Fsp3) is 0.286. The first-order chi connectivity index (χ1) is 9.70. The third-order valence-corrected chi connectivity index (χ3v) is 2.63. The Hall–Kier alpha value is -2.52. The highest BCUT2D eigenvalue weighted by Crippen LogP contribution is 2.12. The Balaban J connectivity index is 1.94. The molecule has 0 bridgehead atoms. The zero-order valence-electron chi connectivity index (χ0n) is 11.2. The van der Waals surface area contributed by atoms with Crippen molar-refractivity contribution in [2.45, 2.75) is 6.54 Å². The molecule has 0 saturated heterocycles. The van der Waals surface area contributed by atoms with Gasteiger partial charge in [-0.25, -0.2) is 9.48 Å². The Kier molecular flexibility index (Phi) is 4.58. The van der Waals surface area contributed by atoms with E-state index >= 15 is 0 Å². The maximum atomic E-state index is 11.6. The molecule has 0 spiro atoms. The van der Waals surface area contributed by atoms with Gasteiger partial charge in [0.2, 0.25) is 0 Å². The van der Waals surface area contributed by atoms with Gasteiger partial charge in [-0.1, -0.05) is 17.9 Å². The van der Waals surface area contributed by atoms with E-state index < -0.39 is 0 Å². The maximum absolute atomic E-state index is 11.6. The molecular formula is C14H16N4O2. The third-order valence-electron chi connectivity index (χ3n) is 2.63. The van der Waals surface area contributed by atoms with Crippen LogP contribution in [0.25, 0.3) is 0 Å². The molecule has 1 aromatic heterocycles. The minimum Gasteiger partial charge on any atom is -0.492 e. The summed E-state index contributed by atoms with van der Waals surface area (Å²) < 4.78 is 8.37. The smallest absolute Gasteiger partial charge is 0.345 e. The van der Waals surface area contributed by atoms with Gasteiger partial charge in [-0.3, -0.25) is 4.57 Å². The van der Waals surface area contributed by atoms with Gasteiger partial charge in [0.1, 0.15) is 18.7 Å². The van der Waals surface area contributed by atoms with Crippen LogP contribution in [0.3, 0.4) is 0 Å². The lowest BCUT2D eigenvalue weighted by molar-refractivity contribution is 0.288. The van der Waals surface area contributed by atoms with Crippen molar-refractivity contribution in [1.29, 1.82) is 0 Å². The van der Waals surface area contributed by atoms with Crippen molar-refractivity contribution >= 4 is 0 Å². The molecule has 0 aliphatic heterocycles. The molecule has 104 valence electrons. The molecule has 0 saturated carbocycles. The second kappa shape index (κ2) is 6.59. The minimum absolute atomic E-state index is 0.156. The molecule has 1 heterocycles. The van der Waals surface area contributed by atoms with Gasteiger partial charge in [0.15, 0.2) is 0 Å². The van der Waals surface area contributed by atoms with Crippen LogP contribution in [0.2, 0.25) is 0 Å². The zero-order chi connectivity index (χ0) is 14.4. The number of aromatic nitrogens is 3. The Labute approximate surface area is 116 Å². The van der Waals surface area contributed by atoms with E-state index in [1.807, 2.05) is 24.3 Å². The van der Waals surface area contributed by atoms with Gasteiger partial charge >= 0.3 is 5.69 Å². The molecule has 20 heavy (non-hydrogen) atoms. The summed E-state index contributed by atoms with van der Waals surface area (Å²) >= 11 is 0. The van der Waals surface area contributed by atoms with Crippen LogP contribution in [0, 0.1) is 11.8 Å². The van der Waals surface area contributed by atoms with Crippen LogP contribution < -0.4 is 16.2 Å². The van der Waals surface area contributed by atoms with Crippen LogP contribution in [0.15, 0.2) is 35.4 Å². The van der Waals surface area contributed by atoms with Crippen molar-refractivity contribution in [2.75, 3.05) is 13.2 Å². The first kappa shape index (κ1) is 13.9. The lowest BCUT2D eigenvalue weighted by atomic mass is 10.2. The molecule has 0 unspecified atom stereocenters. The molecule has 0 fully saturated rings. The Morgan fingerprint density at radius 1 is 1.45 bits per heavy atom. The Bertz CT molecular complexity index is 691. The second-order valence-electron chi connectivity index (χ2n) is 4.13. The highest BCUT2D eigenvalue weighted by molar-refractivity contribution is 5.39. The topological polar surface area (TPSA) is 75.1 Å². The van der Waals surface area contributed by atoms with Crippen LogP contribution in [-0.4, -0.2) is 27.5 Å². The highest BCUT2D eigenvalue weighted by Gasteiger charge is 2.01. The van der Waals surface area contributed by atoms with E-state index in [-0.39, 0.29) is 5.69 Å². The molecule has 2 rings (SSSR count). The van der Waals surface area contributed by atoms with Gasteiger partial charge in [0.05, 0.1) is 13.1 Å². The Morgan fingerprint density at radius 2 is 2.30 bits per heavy atom. The van der Waals surface area contributed by atoms with Gasteiger partial charge in [0.25, 0.3) is 0 Å². The van der Waals surface area contributed by atoms with E-state index in [0.29, 0.717) is 25.4 Å². The van der Waals surface area contributed by atoms with Crippen LogP contribution >= 0.6 is 0 Å². The number of nitrogens with two attached hydrogens (primary N) is 1. The molecule has 0 radical (unpaired) electrons. The summed E-state index contributed by atoms with van der Waals surface area (Å²) in [4.78, 5) is 11.6. The highest BCUT2D eigenvalue weighted by atomic mass is 16.5. The Morgan fingerprint density at radius 3 is 3.00 bits per heavy atom. The van der Waals surface area contributed by atoms with E-state index in [9.17, 15) is 4.79 Å². The van der Waals surface area contributed by atoms with Gasteiger partial charge in [-0.15, -0.1) is 0 Å².